The molecule has 0 radical (unpaired) electrons. The molecule has 0 fully saturated rings. The minimum absolute atomic E-state index is 0.0977. The van der Waals surface area contributed by atoms with E-state index >= 15 is 0 Å². The Kier molecular flexibility index (Phi) is 5.57. The first-order valence-corrected chi connectivity index (χ1v) is 6.94. The molecule has 0 aromatic heterocycles. The van der Waals surface area contributed by atoms with Crippen molar-refractivity contribution in [1.29, 1.82) is 0 Å². The van der Waals surface area contributed by atoms with Gasteiger partial charge in [0.2, 0.25) is 0 Å². The molecule has 0 unspecified atom stereocenters. The second-order valence-corrected chi connectivity index (χ2v) is 4.74. The van der Waals surface area contributed by atoms with Crippen molar-refractivity contribution in [2.24, 2.45) is 0 Å². The van der Waals surface area contributed by atoms with Gasteiger partial charge in [0.25, 0.3) is 5.91 Å². The highest BCUT2D eigenvalue weighted by atomic mass is 16.5. The number of ether oxygens (including phenoxy) is 2. The molecule has 0 saturated heterocycles. The second-order valence-electron chi connectivity index (χ2n) is 4.74. The molecule has 0 heterocycles. The number of rotatable bonds is 7. The van der Waals surface area contributed by atoms with Crippen LogP contribution in [0.15, 0.2) is 48.5 Å². The van der Waals surface area contributed by atoms with Gasteiger partial charge in [-0.15, -0.1) is 0 Å². The first kappa shape index (κ1) is 16.4. The van der Waals surface area contributed by atoms with Gasteiger partial charge in [0, 0.05) is 6.54 Å². The summed E-state index contributed by atoms with van der Waals surface area (Å²) in [5.41, 5.74) is 1.02. The zero-order valence-corrected chi connectivity index (χ0v) is 12.6. The third-order valence-electron chi connectivity index (χ3n) is 3.12. The van der Waals surface area contributed by atoms with E-state index in [9.17, 15) is 9.59 Å². The molecular formula is C17H17NO5. The highest BCUT2D eigenvalue weighted by Crippen LogP contribution is 2.16. The summed E-state index contributed by atoms with van der Waals surface area (Å²) >= 11 is 0. The molecule has 2 aromatic carbocycles. The van der Waals surface area contributed by atoms with Gasteiger partial charge >= 0.3 is 5.97 Å². The first-order chi connectivity index (χ1) is 11.1. The Morgan fingerprint density at radius 3 is 2.17 bits per heavy atom. The molecule has 0 spiro atoms. The van der Waals surface area contributed by atoms with Crippen molar-refractivity contribution in [2.75, 3.05) is 13.7 Å². The maximum absolute atomic E-state index is 11.7. The van der Waals surface area contributed by atoms with Crippen LogP contribution < -0.4 is 14.8 Å². The van der Waals surface area contributed by atoms with Gasteiger partial charge < -0.3 is 19.9 Å². The van der Waals surface area contributed by atoms with Crippen molar-refractivity contribution in [3.8, 4) is 11.5 Å². The largest absolute Gasteiger partial charge is 0.497 e. The Labute approximate surface area is 133 Å². The lowest BCUT2D eigenvalue weighted by atomic mass is 10.1. The van der Waals surface area contributed by atoms with Gasteiger partial charge in [0.1, 0.15) is 11.5 Å². The van der Waals surface area contributed by atoms with Crippen LogP contribution in [0.3, 0.4) is 0 Å². The van der Waals surface area contributed by atoms with Crippen LogP contribution in [0.25, 0.3) is 0 Å². The zero-order chi connectivity index (χ0) is 16.7. The lowest BCUT2D eigenvalue weighted by Gasteiger charge is -2.08. The number of hydrogen-bond donors (Lipinski definition) is 2. The predicted octanol–water partition coefficient (Wildman–Crippen LogP) is 2.09. The number of carboxylic acid groups (broad SMARTS) is 1. The molecule has 6 nitrogen and oxygen atoms in total. The van der Waals surface area contributed by atoms with E-state index in [1.165, 1.54) is 12.1 Å². The number of hydrogen-bond acceptors (Lipinski definition) is 4. The molecule has 2 N–H and O–H groups in total. The fourth-order valence-corrected chi connectivity index (χ4v) is 1.84. The van der Waals surface area contributed by atoms with E-state index in [2.05, 4.69) is 5.32 Å². The Hall–Kier alpha value is -3.02. The minimum Gasteiger partial charge on any atom is -0.497 e. The van der Waals surface area contributed by atoms with Crippen molar-refractivity contribution < 1.29 is 24.2 Å². The topological polar surface area (TPSA) is 84.9 Å². The molecule has 23 heavy (non-hydrogen) atoms. The number of nitrogens with one attached hydrogen (secondary N) is 1. The average molecular weight is 315 g/mol. The minimum atomic E-state index is -0.978. The van der Waals surface area contributed by atoms with Gasteiger partial charge in [0.05, 0.1) is 12.7 Å². The van der Waals surface area contributed by atoms with Crippen molar-refractivity contribution in [3.05, 3.63) is 59.7 Å². The quantitative estimate of drug-likeness (QED) is 0.817. The zero-order valence-electron chi connectivity index (χ0n) is 12.6. The molecular weight excluding hydrogens is 298 g/mol. The summed E-state index contributed by atoms with van der Waals surface area (Å²) in [6.45, 7) is 0.213. The predicted molar refractivity (Wildman–Crippen MR) is 83.7 cm³/mol. The monoisotopic (exact) mass is 315 g/mol. The van der Waals surface area contributed by atoms with Crippen LogP contribution in [0, 0.1) is 0 Å². The van der Waals surface area contributed by atoms with E-state index in [-0.39, 0.29) is 18.1 Å². The van der Waals surface area contributed by atoms with E-state index in [4.69, 9.17) is 14.6 Å². The number of aromatic carboxylic acids is 1. The third kappa shape index (κ3) is 5.03. The lowest BCUT2D eigenvalue weighted by molar-refractivity contribution is -0.123. The number of methoxy groups -OCH3 is 1. The van der Waals surface area contributed by atoms with Crippen LogP contribution in [-0.2, 0) is 11.3 Å². The van der Waals surface area contributed by atoms with Gasteiger partial charge in [-0.25, -0.2) is 4.79 Å². The van der Waals surface area contributed by atoms with Crippen LogP contribution in [0.5, 0.6) is 11.5 Å². The van der Waals surface area contributed by atoms with E-state index in [1.54, 1.807) is 43.5 Å². The Bertz CT molecular complexity index is 664. The van der Waals surface area contributed by atoms with Crippen molar-refractivity contribution in [3.63, 3.8) is 0 Å². The van der Waals surface area contributed by atoms with E-state index in [1.807, 2.05) is 0 Å². The second kappa shape index (κ2) is 7.84. The molecule has 0 saturated carbocycles. The number of amides is 1. The van der Waals surface area contributed by atoms with E-state index in [0.717, 1.165) is 5.56 Å². The fraction of sp³-hybridized carbons (Fsp3) is 0.176. The van der Waals surface area contributed by atoms with Gasteiger partial charge in [-0.1, -0.05) is 12.1 Å². The Balaban J connectivity index is 1.77. The maximum Gasteiger partial charge on any atom is 0.335 e. The summed E-state index contributed by atoms with van der Waals surface area (Å²) in [7, 11) is 1.58. The molecule has 0 aliphatic rings. The van der Waals surface area contributed by atoms with Gasteiger partial charge in [-0.3, -0.25) is 4.79 Å². The maximum atomic E-state index is 11.7. The highest BCUT2D eigenvalue weighted by molar-refractivity contribution is 5.87. The van der Waals surface area contributed by atoms with E-state index in [0.29, 0.717) is 18.0 Å². The molecule has 0 aliphatic heterocycles. The first-order valence-electron chi connectivity index (χ1n) is 6.94. The highest BCUT2D eigenvalue weighted by Gasteiger charge is 2.05. The molecule has 0 bridgehead atoms. The number of carboxylic acids is 1. The molecule has 120 valence electrons. The number of benzene rings is 2. The summed E-state index contributed by atoms with van der Waals surface area (Å²) < 4.78 is 10.4. The lowest BCUT2D eigenvalue weighted by Crippen LogP contribution is -2.28. The summed E-state index contributed by atoms with van der Waals surface area (Å²) in [5.74, 6) is 0.0509. The average Bonchev–Trinajstić information content (AvgIpc) is 2.59. The van der Waals surface area contributed by atoms with Gasteiger partial charge in [-0.05, 0) is 42.0 Å². The molecule has 0 atom stereocenters. The number of carbonyl (C=O) groups excluding carboxylic acids is 1. The van der Waals surface area contributed by atoms with Gasteiger partial charge in [-0.2, -0.15) is 0 Å². The van der Waals surface area contributed by atoms with Crippen LogP contribution in [0.4, 0.5) is 0 Å². The molecule has 0 aliphatic carbocycles. The standard InChI is InChI=1S/C17H17NO5/c1-22-14-6-8-15(9-7-14)23-11-16(19)18-10-12-2-4-13(5-3-12)17(20)21/h2-9H,10-11H2,1H3,(H,18,19)(H,20,21). The van der Waals surface area contributed by atoms with Crippen LogP contribution in [0.2, 0.25) is 0 Å². The summed E-state index contributed by atoms with van der Waals surface area (Å²) in [6, 6.07) is 13.2. The smallest absolute Gasteiger partial charge is 0.335 e. The van der Waals surface area contributed by atoms with Crippen molar-refractivity contribution in [1.82, 2.24) is 5.32 Å². The van der Waals surface area contributed by atoms with Crippen LogP contribution >= 0.6 is 0 Å². The summed E-state index contributed by atoms with van der Waals surface area (Å²) in [6.07, 6.45) is 0. The normalized spacial score (nSPS) is 9.96. The van der Waals surface area contributed by atoms with Gasteiger partial charge in [0.15, 0.2) is 6.61 Å². The number of carbonyl (C=O) groups is 2. The molecule has 6 heteroatoms. The van der Waals surface area contributed by atoms with Crippen LogP contribution in [-0.4, -0.2) is 30.7 Å². The third-order valence-corrected chi connectivity index (χ3v) is 3.12. The van der Waals surface area contributed by atoms with Crippen molar-refractivity contribution in [2.45, 2.75) is 6.54 Å². The SMILES string of the molecule is COc1ccc(OCC(=O)NCc2ccc(C(=O)O)cc2)cc1. The molecule has 1 amide bonds. The molecule has 2 rings (SSSR count). The molecule has 2 aromatic rings. The summed E-state index contributed by atoms with van der Waals surface area (Å²) in [5, 5.41) is 11.5. The summed E-state index contributed by atoms with van der Waals surface area (Å²) in [4.78, 5) is 22.5. The van der Waals surface area contributed by atoms with Crippen molar-refractivity contribution >= 4 is 11.9 Å². The Morgan fingerprint density at radius 2 is 1.61 bits per heavy atom. The fourth-order valence-electron chi connectivity index (χ4n) is 1.84. The Morgan fingerprint density at radius 1 is 1.00 bits per heavy atom. The van der Waals surface area contributed by atoms with E-state index < -0.39 is 5.97 Å². The van der Waals surface area contributed by atoms with Crippen LogP contribution in [0.1, 0.15) is 15.9 Å².